The molecule has 1 N–H and O–H groups in total. The van der Waals surface area contributed by atoms with Gasteiger partial charge < -0.3 is 9.47 Å². The topological polar surface area (TPSA) is 47.6 Å². The molecule has 1 aromatic rings. The fourth-order valence-corrected chi connectivity index (χ4v) is 1.74. The third-order valence-electron chi connectivity index (χ3n) is 2.75. The molecule has 1 unspecified atom stereocenters. The zero-order chi connectivity index (χ0) is 13.5. The van der Waals surface area contributed by atoms with E-state index in [4.69, 9.17) is 4.74 Å². The molecule has 0 spiro atoms. The van der Waals surface area contributed by atoms with Crippen molar-refractivity contribution in [3.63, 3.8) is 0 Å². The van der Waals surface area contributed by atoms with Gasteiger partial charge in [0.25, 0.3) is 0 Å². The van der Waals surface area contributed by atoms with Gasteiger partial charge in [0.1, 0.15) is 11.8 Å². The lowest BCUT2D eigenvalue weighted by molar-refractivity contribution is -0.142. The smallest absolute Gasteiger partial charge is 0.322 e. The first kappa shape index (κ1) is 14.5. The third kappa shape index (κ3) is 4.04. The molecule has 18 heavy (non-hydrogen) atoms. The number of carbonyl (C=O) groups excluding carboxylic acids is 1. The van der Waals surface area contributed by atoms with Crippen LogP contribution in [0.1, 0.15) is 32.4 Å². The molecule has 0 aliphatic carbocycles. The maximum absolute atomic E-state index is 11.3. The van der Waals surface area contributed by atoms with Crippen LogP contribution < -0.4 is 10.1 Å². The van der Waals surface area contributed by atoms with Crippen LogP contribution in [0.25, 0.3) is 0 Å². The van der Waals surface area contributed by atoms with E-state index in [0.29, 0.717) is 6.61 Å². The Morgan fingerprint density at radius 3 is 2.39 bits per heavy atom. The van der Waals surface area contributed by atoms with Crippen molar-refractivity contribution in [2.45, 2.75) is 32.9 Å². The highest BCUT2D eigenvalue weighted by Gasteiger charge is 2.16. The highest BCUT2D eigenvalue weighted by Crippen LogP contribution is 2.18. The largest absolute Gasteiger partial charge is 0.494 e. The van der Waals surface area contributed by atoms with Gasteiger partial charge in [-0.05, 0) is 38.5 Å². The number of nitrogens with one attached hydrogen (secondary N) is 1. The number of hydrogen-bond acceptors (Lipinski definition) is 4. The first-order valence-electron chi connectivity index (χ1n) is 6.15. The molecular weight excluding hydrogens is 230 g/mol. The average molecular weight is 251 g/mol. The Morgan fingerprint density at radius 1 is 1.28 bits per heavy atom. The van der Waals surface area contributed by atoms with E-state index in [0.717, 1.165) is 11.3 Å². The minimum Gasteiger partial charge on any atom is -0.494 e. The van der Waals surface area contributed by atoms with Crippen LogP contribution in [0.2, 0.25) is 0 Å². The van der Waals surface area contributed by atoms with Crippen molar-refractivity contribution in [3.8, 4) is 5.75 Å². The van der Waals surface area contributed by atoms with Gasteiger partial charge in [-0.1, -0.05) is 12.1 Å². The lowest BCUT2D eigenvalue weighted by atomic mass is 10.1. The highest BCUT2D eigenvalue weighted by molar-refractivity contribution is 5.75. The molecule has 0 aliphatic heterocycles. The zero-order valence-corrected chi connectivity index (χ0v) is 11.4. The number of ether oxygens (including phenoxy) is 2. The lowest BCUT2D eigenvalue weighted by Gasteiger charge is -2.18. The number of methoxy groups -OCH3 is 1. The summed E-state index contributed by atoms with van der Waals surface area (Å²) in [5, 5.41) is 3.18. The molecule has 0 bridgehead atoms. The summed E-state index contributed by atoms with van der Waals surface area (Å²) in [5.41, 5.74) is 1.11. The van der Waals surface area contributed by atoms with E-state index in [2.05, 4.69) is 10.1 Å². The minimum atomic E-state index is -0.323. The van der Waals surface area contributed by atoms with Crippen molar-refractivity contribution in [2.24, 2.45) is 0 Å². The molecule has 0 heterocycles. The summed E-state index contributed by atoms with van der Waals surface area (Å²) in [7, 11) is 1.39. The first-order chi connectivity index (χ1) is 8.58. The van der Waals surface area contributed by atoms with Gasteiger partial charge in [0.2, 0.25) is 0 Å². The number of benzene rings is 1. The monoisotopic (exact) mass is 251 g/mol. The van der Waals surface area contributed by atoms with Crippen molar-refractivity contribution in [1.82, 2.24) is 5.32 Å². The van der Waals surface area contributed by atoms with E-state index < -0.39 is 0 Å². The van der Waals surface area contributed by atoms with Crippen LogP contribution in [0.5, 0.6) is 5.75 Å². The molecule has 4 nitrogen and oxygen atoms in total. The molecular formula is C14H21NO3. The van der Waals surface area contributed by atoms with Crippen LogP contribution in [0.3, 0.4) is 0 Å². The van der Waals surface area contributed by atoms with Gasteiger partial charge in [-0.25, -0.2) is 0 Å². The van der Waals surface area contributed by atoms with Crippen molar-refractivity contribution in [2.75, 3.05) is 13.7 Å². The van der Waals surface area contributed by atoms with Gasteiger partial charge in [-0.3, -0.25) is 10.1 Å². The molecule has 0 radical (unpaired) electrons. The first-order valence-corrected chi connectivity index (χ1v) is 6.15. The predicted molar refractivity (Wildman–Crippen MR) is 70.6 cm³/mol. The summed E-state index contributed by atoms with van der Waals surface area (Å²) < 4.78 is 10.1. The standard InChI is InChI=1S/C14H21NO3/c1-5-18-13-8-6-12(7-9-13)10(2)15-11(3)14(16)17-4/h6-11,15H,5H2,1-4H3/t10?,11-/m0/s1. The molecule has 2 atom stereocenters. The second kappa shape index (κ2) is 7.01. The van der Waals surface area contributed by atoms with E-state index in [9.17, 15) is 4.79 Å². The molecule has 1 aromatic carbocycles. The summed E-state index contributed by atoms with van der Waals surface area (Å²) in [6, 6.07) is 7.60. The van der Waals surface area contributed by atoms with Crippen LogP contribution in [0.15, 0.2) is 24.3 Å². The second-order valence-electron chi connectivity index (χ2n) is 4.14. The average Bonchev–Trinajstić information content (AvgIpc) is 2.38. The maximum atomic E-state index is 11.3. The van der Waals surface area contributed by atoms with Crippen LogP contribution in [0, 0.1) is 0 Å². The quantitative estimate of drug-likeness (QED) is 0.788. The fraction of sp³-hybridized carbons (Fsp3) is 0.500. The SMILES string of the molecule is CCOc1ccc(C(C)N[C@@H](C)C(=O)OC)cc1. The lowest BCUT2D eigenvalue weighted by Crippen LogP contribution is -2.36. The molecule has 0 amide bonds. The molecule has 1 rings (SSSR count). The van der Waals surface area contributed by atoms with Crippen LogP contribution in [-0.2, 0) is 9.53 Å². The van der Waals surface area contributed by atoms with Gasteiger partial charge in [-0.2, -0.15) is 0 Å². The van der Waals surface area contributed by atoms with Crippen molar-refractivity contribution in [1.29, 1.82) is 0 Å². The summed E-state index contributed by atoms with van der Waals surface area (Å²) >= 11 is 0. The summed E-state index contributed by atoms with van der Waals surface area (Å²) in [5.74, 6) is 0.599. The van der Waals surface area contributed by atoms with E-state index in [1.807, 2.05) is 38.1 Å². The van der Waals surface area contributed by atoms with Crippen molar-refractivity contribution in [3.05, 3.63) is 29.8 Å². The number of carbonyl (C=O) groups is 1. The molecule has 0 fully saturated rings. The van der Waals surface area contributed by atoms with Gasteiger partial charge >= 0.3 is 5.97 Å². The van der Waals surface area contributed by atoms with Crippen molar-refractivity contribution >= 4 is 5.97 Å². The molecule has 0 aliphatic rings. The Bertz CT molecular complexity index is 375. The van der Waals surface area contributed by atoms with Gasteiger partial charge in [0, 0.05) is 6.04 Å². The molecule has 0 saturated carbocycles. The minimum absolute atomic E-state index is 0.0785. The van der Waals surface area contributed by atoms with Crippen LogP contribution in [0.4, 0.5) is 0 Å². The summed E-state index contributed by atoms with van der Waals surface area (Å²) in [6.07, 6.45) is 0. The van der Waals surface area contributed by atoms with Crippen LogP contribution in [-0.4, -0.2) is 25.7 Å². The maximum Gasteiger partial charge on any atom is 0.322 e. The van der Waals surface area contributed by atoms with E-state index >= 15 is 0 Å². The molecule has 4 heteroatoms. The normalized spacial score (nSPS) is 13.8. The summed E-state index contributed by atoms with van der Waals surface area (Å²) in [4.78, 5) is 11.3. The number of rotatable bonds is 6. The van der Waals surface area contributed by atoms with Gasteiger partial charge in [0.15, 0.2) is 0 Å². The van der Waals surface area contributed by atoms with Gasteiger partial charge in [-0.15, -0.1) is 0 Å². The molecule has 0 saturated heterocycles. The van der Waals surface area contributed by atoms with E-state index in [1.165, 1.54) is 7.11 Å². The van der Waals surface area contributed by atoms with Crippen LogP contribution >= 0.6 is 0 Å². The highest BCUT2D eigenvalue weighted by atomic mass is 16.5. The number of esters is 1. The Labute approximate surface area is 108 Å². The van der Waals surface area contributed by atoms with E-state index in [1.54, 1.807) is 6.92 Å². The Morgan fingerprint density at radius 2 is 1.89 bits per heavy atom. The fourth-order valence-electron chi connectivity index (χ4n) is 1.74. The number of hydrogen-bond donors (Lipinski definition) is 1. The zero-order valence-electron chi connectivity index (χ0n) is 11.4. The molecule has 0 aromatic heterocycles. The predicted octanol–water partition coefficient (Wildman–Crippen LogP) is 2.30. The Balaban J connectivity index is 2.61. The Hall–Kier alpha value is -1.55. The van der Waals surface area contributed by atoms with E-state index in [-0.39, 0.29) is 18.1 Å². The summed E-state index contributed by atoms with van der Waals surface area (Å²) in [6.45, 7) is 6.41. The second-order valence-corrected chi connectivity index (χ2v) is 4.14. The Kier molecular flexibility index (Phi) is 5.65. The van der Waals surface area contributed by atoms with Crippen molar-refractivity contribution < 1.29 is 14.3 Å². The third-order valence-corrected chi connectivity index (χ3v) is 2.75. The van der Waals surface area contributed by atoms with Gasteiger partial charge in [0.05, 0.1) is 13.7 Å². The molecule has 100 valence electrons.